The van der Waals surface area contributed by atoms with Gasteiger partial charge in [-0.3, -0.25) is 4.90 Å². The Hall–Kier alpha value is -1.51. The number of nitrogens with two attached hydrogens (primary N) is 1. The van der Waals surface area contributed by atoms with Gasteiger partial charge >= 0.3 is 6.03 Å². The van der Waals surface area contributed by atoms with Crippen molar-refractivity contribution >= 4 is 11.7 Å². The van der Waals surface area contributed by atoms with Gasteiger partial charge in [0.1, 0.15) is 0 Å². The number of primary amides is 1. The minimum Gasteiger partial charge on any atom is -0.351 e. The highest BCUT2D eigenvalue weighted by atomic mass is 16.2. The molecule has 2 amide bonds. The summed E-state index contributed by atoms with van der Waals surface area (Å²) in [5.41, 5.74) is 6.01. The molecule has 12 heavy (non-hydrogen) atoms. The van der Waals surface area contributed by atoms with E-state index in [1.54, 1.807) is 0 Å². The lowest BCUT2D eigenvalue weighted by molar-refractivity contribution is 0.254. The predicted octanol–water partition coefficient (Wildman–Crippen LogP) is 1.59. The fraction of sp³-hybridized carbons (Fsp3) is 0.222. The van der Waals surface area contributed by atoms with E-state index in [4.69, 9.17) is 5.73 Å². The van der Waals surface area contributed by atoms with Gasteiger partial charge in [0.05, 0.1) is 0 Å². The number of rotatable bonds is 2. The molecule has 0 unspecified atom stereocenters. The molecule has 0 aliphatic heterocycles. The molecule has 0 spiro atoms. The maximum atomic E-state index is 10.9. The normalized spacial score (nSPS) is 9.42. The van der Waals surface area contributed by atoms with E-state index in [0.29, 0.717) is 6.54 Å². The smallest absolute Gasteiger partial charge is 0.319 e. The van der Waals surface area contributed by atoms with Gasteiger partial charge < -0.3 is 5.73 Å². The fourth-order valence-corrected chi connectivity index (χ4v) is 1.07. The third kappa shape index (κ3) is 1.75. The zero-order valence-corrected chi connectivity index (χ0v) is 7.03. The summed E-state index contributed by atoms with van der Waals surface area (Å²) < 4.78 is 0. The SMILES string of the molecule is CCN(C(N)=O)c1ccccc1. The molecule has 0 atom stereocenters. The number of carbonyl (C=O) groups excluding carboxylic acids is 1. The first-order valence-corrected chi connectivity index (χ1v) is 3.87. The topological polar surface area (TPSA) is 46.3 Å². The molecule has 0 heterocycles. The Morgan fingerprint density at radius 3 is 2.42 bits per heavy atom. The lowest BCUT2D eigenvalue weighted by Crippen LogP contribution is -2.35. The van der Waals surface area contributed by atoms with Gasteiger partial charge in [-0.1, -0.05) is 18.2 Å². The molecular weight excluding hydrogens is 152 g/mol. The molecule has 0 aliphatic rings. The van der Waals surface area contributed by atoms with Crippen molar-refractivity contribution in [2.75, 3.05) is 11.4 Å². The Labute approximate surface area is 71.8 Å². The van der Waals surface area contributed by atoms with Crippen molar-refractivity contribution in [3.8, 4) is 0 Å². The Balaban J connectivity index is 2.88. The zero-order valence-electron chi connectivity index (χ0n) is 7.03. The second-order valence-corrected chi connectivity index (χ2v) is 2.42. The first-order chi connectivity index (χ1) is 5.75. The second-order valence-electron chi connectivity index (χ2n) is 2.42. The van der Waals surface area contributed by atoms with Crippen LogP contribution in [0.25, 0.3) is 0 Å². The van der Waals surface area contributed by atoms with Gasteiger partial charge in [-0.2, -0.15) is 0 Å². The van der Waals surface area contributed by atoms with Crippen molar-refractivity contribution in [2.24, 2.45) is 5.73 Å². The largest absolute Gasteiger partial charge is 0.351 e. The number of hydrogen-bond acceptors (Lipinski definition) is 1. The van der Waals surface area contributed by atoms with Gasteiger partial charge in [0.25, 0.3) is 0 Å². The van der Waals surface area contributed by atoms with Crippen LogP contribution >= 0.6 is 0 Å². The van der Waals surface area contributed by atoms with E-state index >= 15 is 0 Å². The van der Waals surface area contributed by atoms with Crippen molar-refractivity contribution < 1.29 is 4.79 Å². The summed E-state index contributed by atoms with van der Waals surface area (Å²) in [4.78, 5) is 12.4. The summed E-state index contributed by atoms with van der Waals surface area (Å²) in [6.45, 7) is 2.48. The Morgan fingerprint density at radius 2 is 2.00 bits per heavy atom. The lowest BCUT2D eigenvalue weighted by Gasteiger charge is -2.17. The monoisotopic (exact) mass is 164 g/mol. The van der Waals surface area contributed by atoms with E-state index in [1.807, 2.05) is 37.3 Å². The van der Waals surface area contributed by atoms with Crippen molar-refractivity contribution in [1.29, 1.82) is 0 Å². The van der Waals surface area contributed by atoms with Crippen LogP contribution in [0.1, 0.15) is 6.92 Å². The first kappa shape index (κ1) is 8.59. The summed E-state index contributed by atoms with van der Waals surface area (Å²) in [5.74, 6) is 0. The number of carbonyl (C=O) groups is 1. The highest BCUT2D eigenvalue weighted by molar-refractivity contribution is 5.90. The molecule has 3 heteroatoms. The zero-order chi connectivity index (χ0) is 8.97. The van der Waals surface area contributed by atoms with Crippen molar-refractivity contribution in [3.05, 3.63) is 30.3 Å². The minimum absolute atomic E-state index is 0.413. The fourth-order valence-electron chi connectivity index (χ4n) is 1.07. The highest BCUT2D eigenvalue weighted by Gasteiger charge is 2.07. The molecule has 0 fully saturated rings. The Morgan fingerprint density at radius 1 is 1.42 bits per heavy atom. The van der Waals surface area contributed by atoms with E-state index in [9.17, 15) is 4.79 Å². The third-order valence-corrected chi connectivity index (χ3v) is 1.65. The number of amides is 2. The molecule has 0 saturated carbocycles. The van der Waals surface area contributed by atoms with Crippen molar-refractivity contribution in [2.45, 2.75) is 6.92 Å². The van der Waals surface area contributed by atoms with Crippen LogP contribution < -0.4 is 10.6 Å². The van der Waals surface area contributed by atoms with Gasteiger partial charge in [-0.15, -0.1) is 0 Å². The standard InChI is InChI=1S/C9H12N2O/c1-2-11(9(10)12)8-6-4-3-5-7-8/h3-7H,2H2,1H3,(H2,10,12). The molecule has 3 nitrogen and oxygen atoms in total. The molecule has 0 bridgehead atoms. The average molecular weight is 164 g/mol. The summed E-state index contributed by atoms with van der Waals surface area (Å²) >= 11 is 0. The van der Waals surface area contributed by atoms with E-state index in [1.165, 1.54) is 4.90 Å². The number of nitrogens with zero attached hydrogens (tertiary/aromatic N) is 1. The number of hydrogen-bond donors (Lipinski definition) is 1. The van der Waals surface area contributed by atoms with Crippen LogP contribution in [0.3, 0.4) is 0 Å². The highest BCUT2D eigenvalue weighted by Crippen LogP contribution is 2.11. The van der Waals surface area contributed by atoms with Gasteiger partial charge in [0, 0.05) is 12.2 Å². The summed E-state index contributed by atoms with van der Waals surface area (Å²) in [5, 5.41) is 0. The Bertz CT molecular complexity index is 258. The minimum atomic E-state index is -0.413. The maximum absolute atomic E-state index is 10.9. The van der Waals surface area contributed by atoms with Crippen molar-refractivity contribution in [1.82, 2.24) is 0 Å². The quantitative estimate of drug-likeness (QED) is 0.708. The molecule has 0 aromatic heterocycles. The lowest BCUT2D eigenvalue weighted by atomic mass is 10.3. The molecular formula is C9H12N2O. The van der Waals surface area contributed by atoms with Crippen LogP contribution in [0.4, 0.5) is 10.5 Å². The Kier molecular flexibility index (Phi) is 2.69. The van der Waals surface area contributed by atoms with Gasteiger partial charge in [-0.25, -0.2) is 4.79 Å². The van der Waals surface area contributed by atoms with Gasteiger partial charge in [-0.05, 0) is 19.1 Å². The molecule has 0 aliphatic carbocycles. The van der Waals surface area contributed by atoms with E-state index < -0.39 is 6.03 Å². The van der Waals surface area contributed by atoms with Crippen LogP contribution in [-0.2, 0) is 0 Å². The summed E-state index contributed by atoms with van der Waals surface area (Å²) in [6, 6.07) is 8.95. The van der Waals surface area contributed by atoms with Crippen molar-refractivity contribution in [3.63, 3.8) is 0 Å². The average Bonchev–Trinajstić information content (AvgIpc) is 2.07. The van der Waals surface area contributed by atoms with Gasteiger partial charge in [0.15, 0.2) is 0 Å². The van der Waals surface area contributed by atoms with Crippen LogP contribution in [0.15, 0.2) is 30.3 Å². The molecule has 2 N–H and O–H groups in total. The van der Waals surface area contributed by atoms with Crippen LogP contribution in [0.2, 0.25) is 0 Å². The van der Waals surface area contributed by atoms with E-state index in [-0.39, 0.29) is 0 Å². The predicted molar refractivity (Wildman–Crippen MR) is 49.0 cm³/mol. The van der Waals surface area contributed by atoms with Crippen LogP contribution in [-0.4, -0.2) is 12.6 Å². The molecule has 1 aromatic carbocycles. The molecule has 0 saturated heterocycles. The molecule has 64 valence electrons. The first-order valence-electron chi connectivity index (χ1n) is 3.87. The van der Waals surface area contributed by atoms with E-state index in [2.05, 4.69) is 0 Å². The molecule has 0 radical (unpaired) electrons. The molecule has 1 rings (SSSR count). The third-order valence-electron chi connectivity index (χ3n) is 1.65. The van der Waals surface area contributed by atoms with Crippen LogP contribution in [0.5, 0.6) is 0 Å². The van der Waals surface area contributed by atoms with Gasteiger partial charge in [0.2, 0.25) is 0 Å². The number of benzene rings is 1. The number of anilines is 1. The van der Waals surface area contributed by atoms with Crippen LogP contribution in [0, 0.1) is 0 Å². The number of urea groups is 1. The molecule has 1 aromatic rings. The second kappa shape index (κ2) is 3.76. The summed E-state index contributed by atoms with van der Waals surface area (Å²) in [6.07, 6.45) is 0. The summed E-state index contributed by atoms with van der Waals surface area (Å²) in [7, 11) is 0. The van der Waals surface area contributed by atoms with E-state index in [0.717, 1.165) is 5.69 Å². The number of para-hydroxylation sites is 1. The maximum Gasteiger partial charge on any atom is 0.319 e.